The van der Waals surface area contributed by atoms with Gasteiger partial charge < -0.3 is 14.4 Å². The summed E-state index contributed by atoms with van der Waals surface area (Å²) in [5.74, 6) is 0.464. The Morgan fingerprint density at radius 1 is 0.324 bits per heavy atom. The number of para-hydroxylation sites is 2. The molecule has 0 amide bonds. The average Bonchev–Trinajstić information content (AvgIpc) is 3.77. The van der Waals surface area contributed by atoms with Crippen molar-refractivity contribution >= 4 is 55.9 Å². The molecule has 0 aliphatic heterocycles. The first-order valence-electron chi connectivity index (χ1n) is 22.8. The SMILES string of the molecule is N#Cc1ccc(N(c2ccc(C#N)cc2)c2ccc3c(c2)c2cc(N(c4ccccc4)c4ccccc4)ccc2n3-c2ccc(-c3cc(-c4cccc(C#N)c4)nc(-c4cccc(C#N)c4)n3)cc2)cc1. The van der Waals surface area contributed by atoms with Crippen molar-refractivity contribution < 1.29 is 0 Å². The molecule has 9 aromatic carbocycles. The molecular weight excluding hydrogens is 871 g/mol. The van der Waals surface area contributed by atoms with Crippen LogP contribution in [0, 0.1) is 45.3 Å². The van der Waals surface area contributed by atoms with Gasteiger partial charge in [0.15, 0.2) is 5.82 Å². The predicted molar refractivity (Wildman–Crippen MR) is 281 cm³/mol. The average molecular weight is 908 g/mol. The third kappa shape index (κ3) is 8.32. The molecule has 0 aliphatic rings. The molecule has 9 nitrogen and oxygen atoms in total. The van der Waals surface area contributed by atoms with Crippen LogP contribution in [-0.2, 0) is 0 Å². The third-order valence-electron chi connectivity index (χ3n) is 12.5. The summed E-state index contributed by atoms with van der Waals surface area (Å²) < 4.78 is 2.28. The first-order chi connectivity index (χ1) is 35.0. The molecule has 2 heterocycles. The molecular formula is C62H37N9. The van der Waals surface area contributed by atoms with E-state index in [4.69, 9.17) is 9.97 Å². The van der Waals surface area contributed by atoms with Gasteiger partial charge in [-0.2, -0.15) is 21.0 Å². The Kier molecular flexibility index (Phi) is 11.3. The fourth-order valence-corrected chi connectivity index (χ4v) is 9.10. The summed E-state index contributed by atoms with van der Waals surface area (Å²) in [4.78, 5) is 14.4. The molecule has 0 spiro atoms. The van der Waals surface area contributed by atoms with Crippen LogP contribution in [0.25, 0.3) is 61.4 Å². The van der Waals surface area contributed by atoms with Gasteiger partial charge in [-0.25, -0.2) is 9.97 Å². The molecule has 0 fully saturated rings. The monoisotopic (exact) mass is 907 g/mol. The summed E-state index contributed by atoms with van der Waals surface area (Å²) in [7, 11) is 0. The lowest BCUT2D eigenvalue weighted by atomic mass is 10.0. The number of nitrogens with zero attached hydrogens (tertiary/aromatic N) is 9. The molecule has 2 aromatic heterocycles. The van der Waals surface area contributed by atoms with Gasteiger partial charge in [-0.1, -0.05) is 72.8 Å². The number of hydrogen-bond acceptors (Lipinski definition) is 8. The molecule has 0 saturated carbocycles. The fraction of sp³-hybridized carbons (Fsp3) is 0. The largest absolute Gasteiger partial charge is 0.310 e. The van der Waals surface area contributed by atoms with Crippen LogP contribution in [0.5, 0.6) is 0 Å². The van der Waals surface area contributed by atoms with E-state index in [2.05, 4.69) is 124 Å². The van der Waals surface area contributed by atoms with E-state index >= 15 is 0 Å². The number of anilines is 6. The van der Waals surface area contributed by atoms with Gasteiger partial charge in [-0.15, -0.1) is 0 Å². The second-order valence-corrected chi connectivity index (χ2v) is 16.8. The molecule has 0 saturated heterocycles. The van der Waals surface area contributed by atoms with E-state index in [1.54, 1.807) is 18.2 Å². The number of benzene rings is 9. The minimum atomic E-state index is 0.464. The standard InChI is InChI=1S/C62H37N9/c63-38-42-17-23-51(24-18-42)70(52-25-19-43(39-64)20-26-52)55-30-32-61-57(36-55)56-35-54(69(49-13-3-1-4-14-49)50-15-5-2-6-16-50)29-31-60(56)71(61)53-27-21-46(22-28-53)58-37-59(47-11-7-9-44(33-47)40-65)68-62(67-58)48-12-8-10-45(34-48)41-66/h1-37H. The van der Waals surface area contributed by atoms with Crippen LogP contribution >= 0.6 is 0 Å². The van der Waals surface area contributed by atoms with Gasteiger partial charge in [0.05, 0.1) is 69.0 Å². The Morgan fingerprint density at radius 2 is 0.746 bits per heavy atom. The van der Waals surface area contributed by atoms with Crippen molar-refractivity contribution in [2.45, 2.75) is 0 Å². The zero-order chi connectivity index (χ0) is 48.3. The lowest BCUT2D eigenvalue weighted by Gasteiger charge is -2.26. The highest BCUT2D eigenvalue weighted by molar-refractivity contribution is 6.12. The van der Waals surface area contributed by atoms with Gasteiger partial charge in [0.25, 0.3) is 0 Å². The number of nitriles is 4. The molecule has 0 atom stereocenters. The summed E-state index contributed by atoms with van der Waals surface area (Å²) >= 11 is 0. The normalized spacial score (nSPS) is 10.8. The summed E-state index contributed by atoms with van der Waals surface area (Å²) in [5, 5.41) is 40.8. The van der Waals surface area contributed by atoms with Crippen molar-refractivity contribution in [1.82, 2.24) is 14.5 Å². The van der Waals surface area contributed by atoms with Crippen LogP contribution in [0.4, 0.5) is 34.1 Å². The van der Waals surface area contributed by atoms with Crippen molar-refractivity contribution in [1.29, 1.82) is 21.0 Å². The van der Waals surface area contributed by atoms with E-state index in [1.807, 2.05) is 121 Å². The van der Waals surface area contributed by atoms with Crippen LogP contribution in [-0.4, -0.2) is 14.5 Å². The van der Waals surface area contributed by atoms with E-state index < -0.39 is 0 Å². The van der Waals surface area contributed by atoms with Crippen molar-refractivity contribution in [2.24, 2.45) is 0 Å². The lowest BCUT2D eigenvalue weighted by molar-refractivity contribution is 1.17. The van der Waals surface area contributed by atoms with E-state index in [0.717, 1.165) is 72.7 Å². The second kappa shape index (κ2) is 18.6. The van der Waals surface area contributed by atoms with Gasteiger partial charge in [0.1, 0.15) is 0 Å². The van der Waals surface area contributed by atoms with Crippen LogP contribution in [0.15, 0.2) is 224 Å². The van der Waals surface area contributed by atoms with Gasteiger partial charge in [-0.05, 0) is 152 Å². The fourth-order valence-electron chi connectivity index (χ4n) is 9.10. The predicted octanol–water partition coefficient (Wildman–Crippen LogP) is 15.0. The first-order valence-corrected chi connectivity index (χ1v) is 22.8. The molecule has 9 heteroatoms. The lowest BCUT2D eigenvalue weighted by Crippen LogP contribution is -2.10. The topological polar surface area (TPSA) is 132 Å². The zero-order valence-corrected chi connectivity index (χ0v) is 37.9. The summed E-state index contributed by atoms with van der Waals surface area (Å²) in [6.45, 7) is 0. The maximum Gasteiger partial charge on any atom is 0.160 e. The quantitative estimate of drug-likeness (QED) is 0.132. The van der Waals surface area contributed by atoms with E-state index in [1.165, 1.54) is 0 Å². The third-order valence-corrected chi connectivity index (χ3v) is 12.5. The van der Waals surface area contributed by atoms with E-state index in [0.29, 0.717) is 45.0 Å². The van der Waals surface area contributed by atoms with E-state index in [9.17, 15) is 21.0 Å². The number of rotatable bonds is 10. The maximum atomic E-state index is 9.73. The number of aromatic nitrogens is 3. The van der Waals surface area contributed by atoms with Crippen LogP contribution in [0.1, 0.15) is 22.3 Å². The van der Waals surface area contributed by atoms with Crippen LogP contribution in [0.3, 0.4) is 0 Å². The van der Waals surface area contributed by atoms with Gasteiger partial charge >= 0.3 is 0 Å². The summed E-state index contributed by atoms with van der Waals surface area (Å²) in [6, 6.07) is 82.6. The molecule has 11 aromatic rings. The summed E-state index contributed by atoms with van der Waals surface area (Å²) in [6.07, 6.45) is 0. The van der Waals surface area contributed by atoms with Gasteiger partial charge in [0.2, 0.25) is 0 Å². The highest BCUT2D eigenvalue weighted by Crippen LogP contribution is 2.43. The molecule has 0 aliphatic carbocycles. The van der Waals surface area contributed by atoms with Gasteiger partial charge in [-0.3, -0.25) is 0 Å². The molecule has 71 heavy (non-hydrogen) atoms. The number of hydrogen-bond donors (Lipinski definition) is 0. The van der Waals surface area contributed by atoms with Crippen LogP contribution in [0.2, 0.25) is 0 Å². The highest BCUT2D eigenvalue weighted by atomic mass is 15.1. The summed E-state index contributed by atoms with van der Waals surface area (Å²) in [5.41, 5.74) is 14.4. The van der Waals surface area contributed by atoms with Crippen molar-refractivity contribution in [3.63, 3.8) is 0 Å². The van der Waals surface area contributed by atoms with Crippen LogP contribution < -0.4 is 9.80 Å². The minimum Gasteiger partial charge on any atom is -0.310 e. The molecule has 11 rings (SSSR count). The van der Waals surface area contributed by atoms with Crippen molar-refractivity contribution in [2.75, 3.05) is 9.80 Å². The Morgan fingerprint density at radius 3 is 1.23 bits per heavy atom. The number of fused-ring (bicyclic) bond motifs is 3. The minimum absolute atomic E-state index is 0.464. The first kappa shape index (κ1) is 43.0. The molecule has 0 radical (unpaired) electrons. The maximum absolute atomic E-state index is 9.73. The zero-order valence-electron chi connectivity index (χ0n) is 37.9. The smallest absolute Gasteiger partial charge is 0.160 e. The molecule has 330 valence electrons. The van der Waals surface area contributed by atoms with Crippen molar-refractivity contribution in [3.8, 4) is 63.9 Å². The highest BCUT2D eigenvalue weighted by Gasteiger charge is 2.21. The Hall–Kier alpha value is -10.6. The second-order valence-electron chi connectivity index (χ2n) is 16.8. The Labute approximate surface area is 410 Å². The van der Waals surface area contributed by atoms with Gasteiger partial charge in [0, 0.05) is 67.3 Å². The Bertz CT molecular complexity index is 3790. The van der Waals surface area contributed by atoms with Crippen molar-refractivity contribution in [3.05, 3.63) is 247 Å². The molecule has 0 unspecified atom stereocenters. The molecule has 0 bridgehead atoms. The molecule has 0 N–H and O–H groups in total. The Balaban J connectivity index is 1.09. The van der Waals surface area contributed by atoms with E-state index in [-0.39, 0.29) is 0 Å².